The summed E-state index contributed by atoms with van der Waals surface area (Å²) in [6.45, 7) is 1.94. The minimum atomic E-state index is 0.213. The van der Waals surface area contributed by atoms with Crippen molar-refractivity contribution in [1.29, 1.82) is 0 Å². The number of ether oxygens (including phenoxy) is 1. The van der Waals surface area contributed by atoms with Crippen molar-refractivity contribution in [1.82, 2.24) is 9.97 Å². The monoisotopic (exact) mass is 238 g/mol. The van der Waals surface area contributed by atoms with E-state index in [4.69, 9.17) is 10.5 Å². The van der Waals surface area contributed by atoms with Gasteiger partial charge in [0.05, 0.1) is 7.11 Å². The van der Waals surface area contributed by atoms with Crippen LogP contribution in [0.15, 0.2) is 6.07 Å². The summed E-state index contributed by atoms with van der Waals surface area (Å²) in [4.78, 5) is 10.3. The zero-order valence-electron chi connectivity index (χ0n) is 9.96. The number of nitrogens with zero attached hydrogens (tertiary/aromatic N) is 3. The number of nitrogens with two attached hydrogens (primary N) is 1. The molecule has 1 fully saturated rings. The molecule has 6 heteroatoms. The maximum absolute atomic E-state index is 9.20. The zero-order valence-corrected chi connectivity index (χ0v) is 9.96. The largest absolute Gasteiger partial charge is 0.481 e. The van der Waals surface area contributed by atoms with Crippen LogP contribution in [0, 0.1) is 5.92 Å². The van der Waals surface area contributed by atoms with E-state index in [0.717, 1.165) is 31.7 Å². The van der Waals surface area contributed by atoms with Gasteiger partial charge in [-0.3, -0.25) is 0 Å². The quantitative estimate of drug-likeness (QED) is 0.786. The summed E-state index contributed by atoms with van der Waals surface area (Å²) in [6, 6.07) is 1.77. The van der Waals surface area contributed by atoms with Crippen LogP contribution in [0.3, 0.4) is 0 Å². The summed E-state index contributed by atoms with van der Waals surface area (Å²) >= 11 is 0. The van der Waals surface area contributed by atoms with E-state index in [-0.39, 0.29) is 12.6 Å². The van der Waals surface area contributed by atoms with E-state index < -0.39 is 0 Å². The molecule has 6 nitrogen and oxygen atoms in total. The highest BCUT2D eigenvalue weighted by Gasteiger charge is 2.21. The van der Waals surface area contributed by atoms with Crippen molar-refractivity contribution in [3.8, 4) is 5.88 Å². The fourth-order valence-electron chi connectivity index (χ4n) is 2.12. The Bertz CT molecular complexity index is 386. The molecule has 0 bridgehead atoms. The van der Waals surface area contributed by atoms with E-state index in [2.05, 4.69) is 14.9 Å². The highest BCUT2D eigenvalue weighted by atomic mass is 16.5. The molecule has 0 saturated carbocycles. The van der Waals surface area contributed by atoms with Crippen LogP contribution in [0.5, 0.6) is 5.88 Å². The fraction of sp³-hybridized carbons (Fsp3) is 0.636. The lowest BCUT2D eigenvalue weighted by Gasteiger charge is -2.32. The highest BCUT2D eigenvalue weighted by Crippen LogP contribution is 2.24. The first kappa shape index (κ1) is 11.9. The maximum atomic E-state index is 9.20. The molecule has 1 unspecified atom stereocenters. The molecule has 0 amide bonds. The van der Waals surface area contributed by atoms with Gasteiger partial charge in [0.1, 0.15) is 5.82 Å². The predicted octanol–water partition coefficient (Wildman–Crippen LogP) is 0.276. The Morgan fingerprint density at radius 3 is 3.12 bits per heavy atom. The average Bonchev–Trinajstić information content (AvgIpc) is 2.38. The first-order valence-corrected chi connectivity index (χ1v) is 5.77. The summed E-state index contributed by atoms with van der Waals surface area (Å²) in [5.74, 6) is 1.77. The number of methoxy groups -OCH3 is 1. The number of aromatic nitrogens is 2. The number of rotatable bonds is 3. The van der Waals surface area contributed by atoms with Gasteiger partial charge in [-0.05, 0) is 18.8 Å². The van der Waals surface area contributed by atoms with E-state index in [9.17, 15) is 5.11 Å². The Balaban J connectivity index is 2.18. The normalized spacial score (nSPS) is 20.4. The zero-order chi connectivity index (χ0) is 12.3. The molecule has 1 atom stereocenters. The number of aliphatic hydroxyl groups excluding tert-OH is 1. The fourth-order valence-corrected chi connectivity index (χ4v) is 2.12. The van der Waals surface area contributed by atoms with Gasteiger partial charge in [-0.2, -0.15) is 9.97 Å². The third-order valence-electron chi connectivity index (χ3n) is 3.02. The molecule has 0 aliphatic carbocycles. The van der Waals surface area contributed by atoms with Crippen molar-refractivity contribution in [2.75, 3.05) is 37.4 Å². The molecule has 1 aromatic heterocycles. The number of piperidine rings is 1. The second-order valence-corrected chi connectivity index (χ2v) is 4.26. The van der Waals surface area contributed by atoms with Crippen molar-refractivity contribution in [2.24, 2.45) is 5.92 Å². The van der Waals surface area contributed by atoms with Gasteiger partial charge >= 0.3 is 0 Å². The van der Waals surface area contributed by atoms with Gasteiger partial charge in [0.2, 0.25) is 11.8 Å². The number of anilines is 2. The molecule has 1 aliphatic rings. The molecule has 0 radical (unpaired) electrons. The lowest BCUT2D eigenvalue weighted by atomic mass is 9.99. The first-order valence-electron chi connectivity index (χ1n) is 5.77. The van der Waals surface area contributed by atoms with E-state index in [0.29, 0.717) is 11.8 Å². The van der Waals surface area contributed by atoms with Crippen LogP contribution in [-0.4, -0.2) is 41.9 Å². The molecule has 1 aliphatic heterocycles. The molecular formula is C11H18N4O2. The van der Waals surface area contributed by atoms with Crippen molar-refractivity contribution in [2.45, 2.75) is 12.8 Å². The first-order chi connectivity index (χ1) is 8.22. The summed E-state index contributed by atoms with van der Waals surface area (Å²) in [5.41, 5.74) is 5.63. The maximum Gasteiger partial charge on any atom is 0.225 e. The summed E-state index contributed by atoms with van der Waals surface area (Å²) in [6.07, 6.45) is 2.11. The molecule has 3 N–H and O–H groups in total. The van der Waals surface area contributed by atoms with Crippen molar-refractivity contribution < 1.29 is 9.84 Å². The van der Waals surface area contributed by atoms with Gasteiger partial charge in [0.25, 0.3) is 0 Å². The van der Waals surface area contributed by atoms with Gasteiger partial charge in [0.15, 0.2) is 0 Å². The van der Waals surface area contributed by atoms with Crippen LogP contribution in [-0.2, 0) is 0 Å². The van der Waals surface area contributed by atoms with Gasteiger partial charge < -0.3 is 20.5 Å². The van der Waals surface area contributed by atoms with Crippen LogP contribution in [0.2, 0.25) is 0 Å². The van der Waals surface area contributed by atoms with Gasteiger partial charge in [-0.1, -0.05) is 0 Å². The molecule has 2 rings (SSSR count). The number of aliphatic hydroxyl groups is 1. The Kier molecular flexibility index (Phi) is 3.63. The molecule has 1 saturated heterocycles. The lowest BCUT2D eigenvalue weighted by Crippen LogP contribution is -2.37. The highest BCUT2D eigenvalue weighted by molar-refractivity contribution is 5.45. The van der Waals surface area contributed by atoms with Gasteiger partial charge in [-0.15, -0.1) is 0 Å². The molecule has 94 valence electrons. The minimum absolute atomic E-state index is 0.213. The third-order valence-corrected chi connectivity index (χ3v) is 3.02. The Hall–Kier alpha value is -1.56. The second-order valence-electron chi connectivity index (χ2n) is 4.26. The van der Waals surface area contributed by atoms with Crippen LogP contribution in [0.25, 0.3) is 0 Å². The number of nitrogen functional groups attached to an aromatic ring is 1. The van der Waals surface area contributed by atoms with Crippen LogP contribution in [0.1, 0.15) is 12.8 Å². The molecule has 2 heterocycles. The van der Waals surface area contributed by atoms with Crippen molar-refractivity contribution in [3.05, 3.63) is 6.07 Å². The standard InChI is InChI=1S/C11H18N4O2/c1-17-10-5-9(13-11(12)14-10)15-4-2-3-8(6-15)7-16/h5,8,16H,2-4,6-7H2,1H3,(H2,12,13,14). The van der Waals surface area contributed by atoms with Gasteiger partial charge in [0, 0.05) is 25.8 Å². The summed E-state index contributed by atoms with van der Waals surface area (Å²) in [7, 11) is 1.55. The van der Waals surface area contributed by atoms with E-state index in [1.807, 2.05) is 0 Å². The van der Waals surface area contributed by atoms with E-state index in [1.165, 1.54) is 0 Å². The van der Waals surface area contributed by atoms with Crippen LogP contribution < -0.4 is 15.4 Å². The van der Waals surface area contributed by atoms with E-state index in [1.54, 1.807) is 13.2 Å². The number of hydrogen-bond acceptors (Lipinski definition) is 6. The second kappa shape index (κ2) is 5.18. The Labute approximate surface area is 100 Å². The predicted molar refractivity (Wildman–Crippen MR) is 65.0 cm³/mol. The smallest absolute Gasteiger partial charge is 0.225 e. The molecule has 0 spiro atoms. The van der Waals surface area contributed by atoms with E-state index >= 15 is 0 Å². The number of hydrogen-bond donors (Lipinski definition) is 2. The lowest BCUT2D eigenvalue weighted by molar-refractivity contribution is 0.208. The van der Waals surface area contributed by atoms with Crippen molar-refractivity contribution >= 4 is 11.8 Å². The molecular weight excluding hydrogens is 220 g/mol. The summed E-state index contributed by atoms with van der Waals surface area (Å²) < 4.78 is 5.07. The van der Waals surface area contributed by atoms with Crippen LogP contribution in [0.4, 0.5) is 11.8 Å². The third kappa shape index (κ3) is 2.76. The van der Waals surface area contributed by atoms with Gasteiger partial charge in [-0.25, -0.2) is 0 Å². The SMILES string of the molecule is COc1cc(N2CCCC(CO)C2)nc(N)n1. The Morgan fingerprint density at radius 2 is 2.41 bits per heavy atom. The average molecular weight is 238 g/mol. The topological polar surface area (TPSA) is 84.5 Å². The minimum Gasteiger partial charge on any atom is -0.481 e. The molecule has 0 aromatic carbocycles. The van der Waals surface area contributed by atoms with Crippen molar-refractivity contribution in [3.63, 3.8) is 0 Å². The molecule has 1 aromatic rings. The Morgan fingerprint density at radius 1 is 1.59 bits per heavy atom. The molecule has 17 heavy (non-hydrogen) atoms. The van der Waals surface area contributed by atoms with Crippen LogP contribution >= 0.6 is 0 Å². The summed E-state index contributed by atoms with van der Waals surface area (Å²) in [5, 5.41) is 9.20.